The molecule has 7 heteroatoms. The number of carbonyl (C=O) groups excluding carboxylic acids is 1. The van der Waals surface area contributed by atoms with Crippen LogP contribution >= 0.6 is 22.9 Å². The van der Waals surface area contributed by atoms with Crippen molar-refractivity contribution in [2.24, 2.45) is 0 Å². The standard InChI is InChI=1S/C12H10N4OS2/c1-2-7-10(19-16-15-7)11(17)14-12-13-8-5-3-4-6-9(8)18-12/h3-6H,2H2,1H3,(H,13,14,17). The van der Waals surface area contributed by atoms with Gasteiger partial charge in [-0.15, -0.1) is 5.10 Å². The molecule has 1 aromatic carbocycles. The molecule has 0 saturated carbocycles. The van der Waals surface area contributed by atoms with Gasteiger partial charge in [-0.2, -0.15) is 0 Å². The summed E-state index contributed by atoms with van der Waals surface area (Å²) in [5, 5.41) is 7.34. The summed E-state index contributed by atoms with van der Waals surface area (Å²) in [5.74, 6) is -0.189. The molecule has 1 amide bonds. The molecule has 0 unspecified atom stereocenters. The Morgan fingerprint density at radius 1 is 1.37 bits per heavy atom. The van der Waals surface area contributed by atoms with Crippen LogP contribution in [0.4, 0.5) is 5.13 Å². The summed E-state index contributed by atoms with van der Waals surface area (Å²) >= 11 is 2.57. The second-order valence-corrected chi connectivity index (χ2v) is 5.63. The second-order valence-electron chi connectivity index (χ2n) is 3.84. The molecule has 0 bridgehead atoms. The summed E-state index contributed by atoms with van der Waals surface area (Å²) < 4.78 is 4.86. The highest BCUT2D eigenvalue weighted by Crippen LogP contribution is 2.26. The summed E-state index contributed by atoms with van der Waals surface area (Å²) in [6.45, 7) is 1.95. The zero-order valence-corrected chi connectivity index (χ0v) is 11.7. The van der Waals surface area contributed by atoms with Gasteiger partial charge in [0.15, 0.2) is 5.13 Å². The summed E-state index contributed by atoms with van der Waals surface area (Å²) in [6.07, 6.45) is 0.694. The van der Waals surface area contributed by atoms with Crippen LogP contribution in [-0.2, 0) is 6.42 Å². The molecule has 0 radical (unpaired) electrons. The smallest absolute Gasteiger partial charge is 0.271 e. The summed E-state index contributed by atoms with van der Waals surface area (Å²) in [7, 11) is 0. The predicted octanol–water partition coefficient (Wildman–Crippen LogP) is 2.96. The van der Waals surface area contributed by atoms with Crippen LogP contribution in [0.15, 0.2) is 24.3 Å². The van der Waals surface area contributed by atoms with Crippen molar-refractivity contribution in [3.63, 3.8) is 0 Å². The average Bonchev–Trinajstić information content (AvgIpc) is 3.03. The predicted molar refractivity (Wildman–Crippen MR) is 76.9 cm³/mol. The van der Waals surface area contributed by atoms with Gasteiger partial charge in [0.25, 0.3) is 5.91 Å². The van der Waals surface area contributed by atoms with Crippen molar-refractivity contribution in [1.29, 1.82) is 0 Å². The van der Waals surface area contributed by atoms with E-state index < -0.39 is 0 Å². The molecular weight excluding hydrogens is 280 g/mol. The van der Waals surface area contributed by atoms with Crippen molar-refractivity contribution in [1.82, 2.24) is 14.6 Å². The molecule has 5 nitrogen and oxygen atoms in total. The minimum absolute atomic E-state index is 0.189. The van der Waals surface area contributed by atoms with Gasteiger partial charge >= 0.3 is 0 Å². The van der Waals surface area contributed by atoms with E-state index in [1.807, 2.05) is 31.2 Å². The molecule has 0 fully saturated rings. The van der Waals surface area contributed by atoms with Crippen LogP contribution < -0.4 is 5.32 Å². The third-order valence-corrected chi connectivity index (χ3v) is 4.33. The van der Waals surface area contributed by atoms with Crippen molar-refractivity contribution in [2.45, 2.75) is 13.3 Å². The SMILES string of the molecule is CCc1nnsc1C(=O)Nc1nc2ccccc2s1. The first-order valence-corrected chi connectivity index (χ1v) is 7.35. The maximum Gasteiger partial charge on any atom is 0.271 e. The number of para-hydroxylation sites is 1. The lowest BCUT2D eigenvalue weighted by Gasteiger charge is -1.98. The van der Waals surface area contributed by atoms with Crippen LogP contribution in [-0.4, -0.2) is 20.5 Å². The van der Waals surface area contributed by atoms with E-state index in [-0.39, 0.29) is 5.91 Å². The molecular formula is C12H10N4OS2. The van der Waals surface area contributed by atoms with Gasteiger partial charge in [0.1, 0.15) is 4.88 Å². The monoisotopic (exact) mass is 290 g/mol. The van der Waals surface area contributed by atoms with E-state index in [1.54, 1.807) is 0 Å². The second kappa shape index (κ2) is 5.02. The Balaban J connectivity index is 1.86. The van der Waals surface area contributed by atoms with Crippen molar-refractivity contribution in [3.05, 3.63) is 34.8 Å². The molecule has 2 aromatic heterocycles. The number of rotatable bonds is 3. The Hall–Kier alpha value is -1.86. The number of nitrogens with one attached hydrogen (secondary N) is 1. The van der Waals surface area contributed by atoms with E-state index in [1.165, 1.54) is 11.3 Å². The number of hydrogen-bond acceptors (Lipinski definition) is 6. The van der Waals surface area contributed by atoms with Gasteiger partial charge < -0.3 is 0 Å². The minimum Gasteiger partial charge on any atom is -0.297 e. The maximum atomic E-state index is 12.1. The highest BCUT2D eigenvalue weighted by Gasteiger charge is 2.16. The van der Waals surface area contributed by atoms with Gasteiger partial charge in [0, 0.05) is 0 Å². The normalized spacial score (nSPS) is 10.8. The number of fused-ring (bicyclic) bond motifs is 1. The first-order valence-electron chi connectivity index (χ1n) is 5.76. The van der Waals surface area contributed by atoms with Crippen LogP contribution in [0.1, 0.15) is 22.3 Å². The van der Waals surface area contributed by atoms with E-state index in [0.29, 0.717) is 16.4 Å². The summed E-state index contributed by atoms with van der Waals surface area (Å²) in [6, 6.07) is 7.78. The fourth-order valence-corrected chi connectivity index (χ4v) is 3.20. The number of nitrogens with zero attached hydrogens (tertiary/aromatic N) is 3. The molecule has 0 aliphatic carbocycles. The van der Waals surface area contributed by atoms with E-state index in [9.17, 15) is 4.79 Å². The number of aromatic nitrogens is 3. The number of carbonyl (C=O) groups is 1. The number of benzene rings is 1. The molecule has 0 aliphatic rings. The molecule has 0 spiro atoms. The van der Waals surface area contributed by atoms with Gasteiger partial charge in [-0.1, -0.05) is 34.9 Å². The Morgan fingerprint density at radius 2 is 2.21 bits per heavy atom. The van der Waals surface area contributed by atoms with Crippen LogP contribution in [0.5, 0.6) is 0 Å². The molecule has 19 heavy (non-hydrogen) atoms. The number of hydrogen-bond donors (Lipinski definition) is 1. The molecule has 2 heterocycles. The van der Waals surface area contributed by atoms with Gasteiger partial charge in [0.05, 0.1) is 15.9 Å². The first-order chi connectivity index (χ1) is 9.28. The zero-order chi connectivity index (χ0) is 13.2. The van der Waals surface area contributed by atoms with Gasteiger partial charge in [-0.05, 0) is 30.1 Å². The quantitative estimate of drug-likeness (QED) is 0.805. The average molecular weight is 290 g/mol. The van der Waals surface area contributed by atoms with Crippen LogP contribution in [0.2, 0.25) is 0 Å². The first kappa shape index (κ1) is 12.2. The number of thiazole rings is 1. The van der Waals surface area contributed by atoms with Crippen LogP contribution in [0, 0.1) is 0 Å². The van der Waals surface area contributed by atoms with E-state index in [0.717, 1.165) is 27.4 Å². The Labute approximate surface area is 117 Å². The Morgan fingerprint density at radius 3 is 3.00 bits per heavy atom. The maximum absolute atomic E-state index is 12.1. The topological polar surface area (TPSA) is 67.8 Å². The van der Waals surface area contributed by atoms with Crippen molar-refractivity contribution in [3.8, 4) is 0 Å². The lowest BCUT2D eigenvalue weighted by Crippen LogP contribution is -2.12. The van der Waals surface area contributed by atoms with E-state index in [2.05, 4.69) is 19.9 Å². The summed E-state index contributed by atoms with van der Waals surface area (Å²) in [5.41, 5.74) is 1.62. The fourth-order valence-electron chi connectivity index (χ4n) is 1.69. The minimum atomic E-state index is -0.189. The van der Waals surface area contributed by atoms with Gasteiger partial charge in [-0.3, -0.25) is 10.1 Å². The highest BCUT2D eigenvalue weighted by atomic mass is 32.1. The third kappa shape index (κ3) is 2.34. The fraction of sp³-hybridized carbons (Fsp3) is 0.167. The Bertz CT molecular complexity index is 701. The van der Waals surface area contributed by atoms with E-state index in [4.69, 9.17) is 0 Å². The molecule has 3 aromatic rings. The molecule has 0 saturated heterocycles. The van der Waals surface area contributed by atoms with Crippen LogP contribution in [0.3, 0.4) is 0 Å². The van der Waals surface area contributed by atoms with Crippen LogP contribution in [0.25, 0.3) is 10.2 Å². The lowest BCUT2D eigenvalue weighted by atomic mass is 10.3. The largest absolute Gasteiger partial charge is 0.297 e. The molecule has 96 valence electrons. The molecule has 3 rings (SSSR count). The highest BCUT2D eigenvalue weighted by molar-refractivity contribution is 7.22. The van der Waals surface area contributed by atoms with Crippen molar-refractivity contribution < 1.29 is 4.79 Å². The molecule has 0 atom stereocenters. The third-order valence-electron chi connectivity index (χ3n) is 2.61. The number of aryl methyl sites for hydroxylation is 1. The number of anilines is 1. The molecule has 1 N–H and O–H groups in total. The van der Waals surface area contributed by atoms with Crippen molar-refractivity contribution >= 4 is 44.1 Å². The molecule has 0 aliphatic heterocycles. The Kier molecular flexibility index (Phi) is 3.22. The lowest BCUT2D eigenvalue weighted by molar-refractivity contribution is 0.102. The van der Waals surface area contributed by atoms with E-state index >= 15 is 0 Å². The van der Waals surface area contributed by atoms with Gasteiger partial charge in [-0.25, -0.2) is 4.98 Å². The number of amides is 1. The van der Waals surface area contributed by atoms with Crippen molar-refractivity contribution in [2.75, 3.05) is 5.32 Å². The zero-order valence-electron chi connectivity index (χ0n) is 10.1. The van der Waals surface area contributed by atoms with Gasteiger partial charge in [0.2, 0.25) is 0 Å². The summed E-state index contributed by atoms with van der Waals surface area (Å²) in [4.78, 5) is 17.0.